The molecule has 1 heterocycles. The van der Waals surface area contributed by atoms with Gasteiger partial charge in [-0.15, -0.1) is 0 Å². The topological polar surface area (TPSA) is 32.3 Å². The molecule has 3 rings (SSSR count). The van der Waals surface area contributed by atoms with Gasteiger partial charge in [-0.25, -0.2) is 0 Å². The van der Waals surface area contributed by atoms with Gasteiger partial charge in [-0.3, -0.25) is 4.79 Å². The zero-order valence-electron chi connectivity index (χ0n) is 9.49. The Kier molecular flexibility index (Phi) is 2.13. The second-order valence-corrected chi connectivity index (χ2v) is 4.70. The van der Waals surface area contributed by atoms with Crippen LogP contribution in [0.2, 0.25) is 0 Å². The van der Waals surface area contributed by atoms with Crippen LogP contribution in [0.5, 0.6) is 0 Å². The first kappa shape index (κ1) is 9.70. The average Bonchev–Trinajstić information content (AvgIpc) is 3.05. The van der Waals surface area contributed by atoms with Crippen LogP contribution in [-0.4, -0.2) is 30.4 Å². The van der Waals surface area contributed by atoms with E-state index in [4.69, 9.17) is 0 Å². The normalized spacial score (nSPS) is 17.8. The molecule has 1 saturated carbocycles. The Bertz CT molecular complexity index is 438. The molecular formula is C13H16N2O. The van der Waals surface area contributed by atoms with Crippen molar-refractivity contribution >= 4 is 11.6 Å². The summed E-state index contributed by atoms with van der Waals surface area (Å²) in [4.78, 5) is 14.0. The highest BCUT2D eigenvalue weighted by atomic mass is 16.2. The van der Waals surface area contributed by atoms with Crippen molar-refractivity contribution in [3.05, 3.63) is 29.3 Å². The largest absolute Gasteiger partial charge is 0.384 e. The quantitative estimate of drug-likeness (QED) is 0.818. The van der Waals surface area contributed by atoms with Crippen LogP contribution in [-0.2, 0) is 6.42 Å². The first-order chi connectivity index (χ1) is 7.75. The number of amides is 1. The molecule has 0 spiro atoms. The van der Waals surface area contributed by atoms with Crippen molar-refractivity contribution in [2.75, 3.05) is 18.9 Å². The summed E-state index contributed by atoms with van der Waals surface area (Å²) < 4.78 is 0. The summed E-state index contributed by atoms with van der Waals surface area (Å²) in [5.74, 6) is 0.152. The lowest BCUT2D eigenvalue weighted by Crippen LogP contribution is -2.28. The van der Waals surface area contributed by atoms with E-state index in [-0.39, 0.29) is 5.91 Å². The molecule has 0 bridgehead atoms. The van der Waals surface area contributed by atoms with Gasteiger partial charge >= 0.3 is 0 Å². The number of nitrogens with zero attached hydrogens (tertiary/aromatic N) is 1. The van der Waals surface area contributed by atoms with Gasteiger partial charge in [0, 0.05) is 30.9 Å². The molecule has 0 aromatic heterocycles. The van der Waals surface area contributed by atoms with Crippen molar-refractivity contribution < 1.29 is 4.79 Å². The third-order valence-corrected chi connectivity index (χ3v) is 3.48. The first-order valence-corrected chi connectivity index (χ1v) is 5.89. The highest BCUT2D eigenvalue weighted by molar-refractivity contribution is 5.95. The van der Waals surface area contributed by atoms with E-state index in [9.17, 15) is 4.79 Å². The molecule has 1 aromatic rings. The predicted octanol–water partition coefficient (Wildman–Crippen LogP) is 1.89. The maximum absolute atomic E-state index is 12.1. The summed E-state index contributed by atoms with van der Waals surface area (Å²) in [7, 11) is 1.90. The minimum atomic E-state index is 0.152. The fourth-order valence-corrected chi connectivity index (χ4v) is 2.26. The average molecular weight is 216 g/mol. The van der Waals surface area contributed by atoms with E-state index in [0.717, 1.165) is 37.1 Å². The highest BCUT2D eigenvalue weighted by Gasteiger charge is 2.30. The molecule has 0 saturated heterocycles. The van der Waals surface area contributed by atoms with E-state index in [0.29, 0.717) is 6.04 Å². The van der Waals surface area contributed by atoms with E-state index in [2.05, 4.69) is 11.4 Å². The van der Waals surface area contributed by atoms with E-state index >= 15 is 0 Å². The minimum absolute atomic E-state index is 0.152. The van der Waals surface area contributed by atoms with Crippen molar-refractivity contribution in [2.45, 2.75) is 25.3 Å². The molecule has 1 N–H and O–H groups in total. The van der Waals surface area contributed by atoms with Crippen molar-refractivity contribution in [2.24, 2.45) is 0 Å². The molecule has 3 heteroatoms. The molecule has 1 aromatic carbocycles. The third-order valence-electron chi connectivity index (χ3n) is 3.48. The van der Waals surface area contributed by atoms with Crippen molar-refractivity contribution in [3.8, 4) is 0 Å². The molecule has 3 nitrogen and oxygen atoms in total. The predicted molar refractivity (Wildman–Crippen MR) is 63.8 cm³/mol. The molecule has 0 unspecified atom stereocenters. The lowest BCUT2D eigenvalue weighted by Gasteiger charge is -2.16. The standard InChI is InChI=1S/C13H16N2O/c1-15(11-4-5-11)13(16)10-3-2-9-6-7-14-12(9)8-10/h2-3,8,11,14H,4-7H2,1H3. The molecule has 1 aliphatic heterocycles. The number of carbonyl (C=O) groups excluding carboxylic acids is 1. The summed E-state index contributed by atoms with van der Waals surface area (Å²) in [6, 6.07) is 6.49. The van der Waals surface area contributed by atoms with Crippen LogP contribution in [0.4, 0.5) is 5.69 Å². The Morgan fingerprint density at radius 2 is 2.25 bits per heavy atom. The van der Waals surface area contributed by atoms with Crippen LogP contribution in [0.3, 0.4) is 0 Å². The summed E-state index contributed by atoms with van der Waals surface area (Å²) in [5, 5.41) is 3.31. The van der Waals surface area contributed by atoms with Gasteiger partial charge in [0.1, 0.15) is 0 Å². The monoisotopic (exact) mass is 216 g/mol. The molecule has 1 fully saturated rings. The van der Waals surface area contributed by atoms with Gasteiger partial charge in [0.25, 0.3) is 5.91 Å². The molecule has 0 radical (unpaired) electrons. The number of hydrogen-bond donors (Lipinski definition) is 1. The Morgan fingerprint density at radius 3 is 3.00 bits per heavy atom. The van der Waals surface area contributed by atoms with Crippen molar-refractivity contribution in [1.82, 2.24) is 4.90 Å². The SMILES string of the molecule is CN(C(=O)c1ccc2c(c1)NCC2)C1CC1. The van der Waals surface area contributed by atoms with E-state index < -0.39 is 0 Å². The number of hydrogen-bond acceptors (Lipinski definition) is 2. The number of carbonyl (C=O) groups is 1. The van der Waals surface area contributed by atoms with Crippen molar-refractivity contribution in [1.29, 1.82) is 0 Å². The Labute approximate surface area is 95.4 Å². The maximum Gasteiger partial charge on any atom is 0.253 e. The van der Waals surface area contributed by atoms with Crippen molar-refractivity contribution in [3.63, 3.8) is 0 Å². The van der Waals surface area contributed by atoms with Crippen LogP contribution >= 0.6 is 0 Å². The fourth-order valence-electron chi connectivity index (χ4n) is 2.26. The molecule has 0 atom stereocenters. The van der Waals surface area contributed by atoms with Crippen LogP contribution in [0.25, 0.3) is 0 Å². The lowest BCUT2D eigenvalue weighted by atomic mass is 10.1. The zero-order chi connectivity index (χ0) is 11.1. The lowest BCUT2D eigenvalue weighted by molar-refractivity contribution is 0.0785. The van der Waals surface area contributed by atoms with Crippen LogP contribution in [0, 0.1) is 0 Å². The van der Waals surface area contributed by atoms with Gasteiger partial charge in [-0.05, 0) is 37.0 Å². The Morgan fingerprint density at radius 1 is 1.44 bits per heavy atom. The summed E-state index contributed by atoms with van der Waals surface area (Å²) in [6.07, 6.45) is 3.39. The van der Waals surface area contributed by atoms with Gasteiger partial charge < -0.3 is 10.2 Å². The van der Waals surface area contributed by atoms with Gasteiger partial charge in [-0.2, -0.15) is 0 Å². The number of benzene rings is 1. The van der Waals surface area contributed by atoms with E-state index in [1.54, 1.807) is 0 Å². The van der Waals surface area contributed by atoms with Gasteiger partial charge in [0.2, 0.25) is 0 Å². The molecule has 1 aliphatic carbocycles. The fraction of sp³-hybridized carbons (Fsp3) is 0.462. The van der Waals surface area contributed by atoms with E-state index in [1.807, 2.05) is 24.1 Å². The second kappa shape index (κ2) is 3.51. The number of fused-ring (bicyclic) bond motifs is 1. The highest BCUT2D eigenvalue weighted by Crippen LogP contribution is 2.28. The molecule has 1 amide bonds. The summed E-state index contributed by atoms with van der Waals surface area (Å²) in [5.41, 5.74) is 3.27. The number of nitrogens with one attached hydrogen (secondary N) is 1. The molecular weight excluding hydrogens is 200 g/mol. The first-order valence-electron chi connectivity index (χ1n) is 5.89. The van der Waals surface area contributed by atoms with E-state index in [1.165, 1.54) is 5.56 Å². The Balaban J connectivity index is 1.85. The van der Waals surface area contributed by atoms with Crippen LogP contribution < -0.4 is 5.32 Å². The van der Waals surface area contributed by atoms with Gasteiger partial charge in [0.05, 0.1) is 0 Å². The number of rotatable bonds is 2. The zero-order valence-corrected chi connectivity index (χ0v) is 9.49. The molecule has 16 heavy (non-hydrogen) atoms. The van der Waals surface area contributed by atoms with Gasteiger partial charge in [-0.1, -0.05) is 6.07 Å². The summed E-state index contributed by atoms with van der Waals surface area (Å²) in [6.45, 7) is 0.992. The summed E-state index contributed by atoms with van der Waals surface area (Å²) >= 11 is 0. The number of anilines is 1. The second-order valence-electron chi connectivity index (χ2n) is 4.70. The Hall–Kier alpha value is -1.51. The smallest absolute Gasteiger partial charge is 0.253 e. The molecule has 2 aliphatic rings. The van der Waals surface area contributed by atoms with Gasteiger partial charge in [0.15, 0.2) is 0 Å². The van der Waals surface area contributed by atoms with Crippen LogP contribution in [0.1, 0.15) is 28.8 Å². The third kappa shape index (κ3) is 1.56. The van der Waals surface area contributed by atoms with Crippen LogP contribution in [0.15, 0.2) is 18.2 Å². The maximum atomic E-state index is 12.1. The molecule has 84 valence electrons. The minimum Gasteiger partial charge on any atom is -0.384 e.